The first-order chi connectivity index (χ1) is 14.5. The van der Waals surface area contributed by atoms with Gasteiger partial charge in [0.05, 0.1) is 0 Å². The second-order valence-electron chi connectivity index (χ2n) is 10.9. The van der Waals surface area contributed by atoms with Gasteiger partial charge in [0.2, 0.25) is 5.91 Å². The zero-order valence-electron chi connectivity index (χ0n) is 20.0. The molecule has 0 unspecified atom stereocenters. The summed E-state index contributed by atoms with van der Waals surface area (Å²) in [7, 11) is 0. The van der Waals surface area contributed by atoms with Gasteiger partial charge in [-0.05, 0) is 57.1 Å². The summed E-state index contributed by atoms with van der Waals surface area (Å²) in [6.45, 7) is 15.1. The highest BCUT2D eigenvalue weighted by molar-refractivity contribution is 5.92. The van der Waals surface area contributed by atoms with Crippen LogP contribution in [0.4, 0.5) is 4.79 Å². The molecule has 2 N–H and O–H groups in total. The molecule has 1 aromatic rings. The number of hydrogen-bond acceptors (Lipinski definition) is 4. The molecule has 0 aromatic heterocycles. The summed E-state index contributed by atoms with van der Waals surface area (Å²) < 4.78 is 5.49. The van der Waals surface area contributed by atoms with Gasteiger partial charge >= 0.3 is 6.09 Å². The molecule has 172 valence electrons. The number of likely N-dealkylation sites (tertiary alicyclic amines) is 1. The van der Waals surface area contributed by atoms with Gasteiger partial charge in [0, 0.05) is 38.5 Å². The van der Waals surface area contributed by atoms with Crippen LogP contribution in [-0.4, -0.2) is 53.7 Å². The van der Waals surface area contributed by atoms with Crippen molar-refractivity contribution in [3.8, 4) is 0 Å². The summed E-state index contributed by atoms with van der Waals surface area (Å²) in [6, 6.07) is 8.00. The lowest BCUT2D eigenvalue weighted by Gasteiger charge is -2.37. The highest BCUT2D eigenvalue weighted by Crippen LogP contribution is 2.31. The van der Waals surface area contributed by atoms with Crippen molar-refractivity contribution in [3.63, 3.8) is 0 Å². The fraction of sp³-hybridized carbons (Fsp3) is 0.680. The van der Waals surface area contributed by atoms with Crippen molar-refractivity contribution in [1.82, 2.24) is 15.5 Å². The molecule has 0 saturated carbocycles. The highest BCUT2D eigenvalue weighted by Gasteiger charge is 2.46. The Hall–Kier alpha value is -2.08. The Balaban J connectivity index is 1.70. The lowest BCUT2D eigenvalue weighted by Crippen LogP contribution is -2.62. The quantitative estimate of drug-likeness (QED) is 0.751. The molecule has 31 heavy (non-hydrogen) atoms. The predicted octanol–water partition coefficient (Wildman–Crippen LogP) is 3.53. The van der Waals surface area contributed by atoms with Crippen LogP contribution >= 0.6 is 0 Å². The molecule has 3 rings (SSSR count). The number of carbonyl (C=O) groups excluding carboxylic acids is 2. The van der Waals surface area contributed by atoms with Crippen LogP contribution in [0.5, 0.6) is 0 Å². The molecule has 6 nitrogen and oxygen atoms in total. The van der Waals surface area contributed by atoms with E-state index in [4.69, 9.17) is 4.74 Å². The molecular formula is C25H39N3O3. The summed E-state index contributed by atoms with van der Waals surface area (Å²) in [6.07, 6.45) is 1.65. The summed E-state index contributed by atoms with van der Waals surface area (Å²) >= 11 is 0. The van der Waals surface area contributed by atoms with Crippen LogP contribution in [0, 0.1) is 11.8 Å². The summed E-state index contributed by atoms with van der Waals surface area (Å²) in [5.74, 6) is 1.22. The third kappa shape index (κ3) is 6.22. The van der Waals surface area contributed by atoms with Crippen molar-refractivity contribution in [3.05, 3.63) is 35.4 Å². The van der Waals surface area contributed by atoms with Gasteiger partial charge in [0.1, 0.15) is 11.1 Å². The molecular weight excluding hydrogens is 390 g/mol. The van der Waals surface area contributed by atoms with Crippen molar-refractivity contribution in [1.29, 1.82) is 0 Å². The lowest BCUT2D eigenvalue weighted by molar-refractivity contribution is -0.128. The standard InChI is InChI=1S/C25H39N3O3/c1-17-11-18(2)15-28(14-17)16-19(3)26-22(29)25(27-23(30)31-24(4,5)6)12-20-9-7-8-10-21(20)13-25/h7-10,17-19H,11-16H2,1-6H3,(H,26,29)(H,27,30)/t17-,18-,19+/m1/s1. The molecule has 2 aliphatic rings. The molecule has 1 saturated heterocycles. The van der Waals surface area contributed by atoms with E-state index in [2.05, 4.69) is 29.4 Å². The summed E-state index contributed by atoms with van der Waals surface area (Å²) in [5, 5.41) is 6.12. The maximum absolute atomic E-state index is 13.5. The van der Waals surface area contributed by atoms with E-state index in [1.54, 1.807) is 0 Å². The normalized spacial score (nSPS) is 24.2. The second-order valence-corrected chi connectivity index (χ2v) is 10.9. The number of alkyl carbamates (subject to hydrolysis) is 1. The van der Waals surface area contributed by atoms with E-state index >= 15 is 0 Å². The first-order valence-corrected chi connectivity index (χ1v) is 11.6. The van der Waals surface area contributed by atoms with E-state index in [-0.39, 0.29) is 11.9 Å². The number of piperidine rings is 1. The smallest absolute Gasteiger partial charge is 0.408 e. The van der Waals surface area contributed by atoms with Gasteiger partial charge in [-0.15, -0.1) is 0 Å². The monoisotopic (exact) mass is 429 g/mol. The molecule has 1 aliphatic carbocycles. The summed E-state index contributed by atoms with van der Waals surface area (Å²) in [4.78, 5) is 28.6. The first kappa shape index (κ1) is 23.6. The Kier molecular flexibility index (Phi) is 6.99. The van der Waals surface area contributed by atoms with Crippen LogP contribution in [0.1, 0.15) is 59.1 Å². The number of fused-ring (bicyclic) bond motifs is 1. The zero-order chi connectivity index (χ0) is 22.8. The molecule has 6 heteroatoms. The number of nitrogens with zero attached hydrogens (tertiary/aromatic N) is 1. The minimum absolute atomic E-state index is 0.00831. The van der Waals surface area contributed by atoms with Crippen molar-refractivity contribution < 1.29 is 14.3 Å². The number of carbonyl (C=O) groups is 2. The molecule has 0 bridgehead atoms. The molecule has 0 radical (unpaired) electrons. The van der Waals surface area contributed by atoms with Gasteiger partial charge in [-0.25, -0.2) is 4.79 Å². The Morgan fingerprint density at radius 2 is 1.68 bits per heavy atom. The third-order valence-corrected chi connectivity index (χ3v) is 6.13. The first-order valence-electron chi connectivity index (χ1n) is 11.6. The molecule has 1 aliphatic heterocycles. The highest BCUT2D eigenvalue weighted by atomic mass is 16.6. The Morgan fingerprint density at radius 1 is 1.13 bits per heavy atom. The molecule has 1 heterocycles. The van der Waals surface area contributed by atoms with Crippen molar-refractivity contribution >= 4 is 12.0 Å². The maximum atomic E-state index is 13.5. The van der Waals surface area contributed by atoms with Gasteiger partial charge in [-0.1, -0.05) is 38.1 Å². The van der Waals surface area contributed by atoms with E-state index in [0.29, 0.717) is 24.7 Å². The van der Waals surface area contributed by atoms with E-state index in [9.17, 15) is 9.59 Å². The molecule has 3 atom stereocenters. The van der Waals surface area contributed by atoms with Gasteiger partial charge in [0.15, 0.2) is 0 Å². The largest absolute Gasteiger partial charge is 0.444 e. The fourth-order valence-corrected chi connectivity index (χ4v) is 5.16. The molecule has 1 aromatic carbocycles. The minimum atomic E-state index is -1.03. The average molecular weight is 430 g/mol. The Labute approximate surface area is 187 Å². The van der Waals surface area contributed by atoms with E-state index < -0.39 is 17.2 Å². The minimum Gasteiger partial charge on any atom is -0.444 e. The number of hydrogen-bond donors (Lipinski definition) is 2. The Morgan fingerprint density at radius 3 is 2.19 bits per heavy atom. The lowest BCUT2D eigenvalue weighted by atomic mass is 9.91. The molecule has 2 amide bonds. The zero-order valence-corrected chi connectivity index (χ0v) is 20.0. The van der Waals surface area contributed by atoms with E-state index in [1.165, 1.54) is 6.42 Å². The number of amides is 2. The van der Waals surface area contributed by atoms with E-state index in [1.807, 2.05) is 52.0 Å². The predicted molar refractivity (Wildman–Crippen MR) is 123 cm³/mol. The van der Waals surface area contributed by atoms with Gasteiger partial charge in [0.25, 0.3) is 0 Å². The van der Waals surface area contributed by atoms with Crippen LogP contribution in [0.15, 0.2) is 24.3 Å². The van der Waals surface area contributed by atoms with Gasteiger partial charge in [-0.3, -0.25) is 4.79 Å². The maximum Gasteiger partial charge on any atom is 0.408 e. The Bertz CT molecular complexity index is 766. The second kappa shape index (κ2) is 9.19. The van der Waals surface area contributed by atoms with Gasteiger partial charge in [-0.2, -0.15) is 0 Å². The van der Waals surface area contributed by atoms with Crippen LogP contribution in [0.25, 0.3) is 0 Å². The number of nitrogens with one attached hydrogen (secondary N) is 2. The van der Waals surface area contributed by atoms with Crippen LogP contribution in [-0.2, 0) is 22.4 Å². The molecule has 0 spiro atoms. The average Bonchev–Trinajstić information content (AvgIpc) is 2.98. The number of ether oxygens (including phenoxy) is 1. The van der Waals surface area contributed by atoms with Crippen molar-refractivity contribution in [2.24, 2.45) is 11.8 Å². The fourth-order valence-electron chi connectivity index (χ4n) is 5.16. The van der Waals surface area contributed by atoms with Crippen LogP contribution < -0.4 is 10.6 Å². The third-order valence-electron chi connectivity index (χ3n) is 6.13. The van der Waals surface area contributed by atoms with Crippen molar-refractivity contribution in [2.75, 3.05) is 19.6 Å². The van der Waals surface area contributed by atoms with Gasteiger partial charge < -0.3 is 20.3 Å². The summed E-state index contributed by atoms with van der Waals surface area (Å²) in [5.41, 5.74) is 0.547. The van der Waals surface area contributed by atoms with Crippen LogP contribution in [0.2, 0.25) is 0 Å². The topological polar surface area (TPSA) is 70.7 Å². The SMILES string of the molecule is C[C@@H]1C[C@@H](C)CN(C[C@H](C)NC(=O)C2(NC(=O)OC(C)(C)C)Cc3ccccc3C2)C1. The van der Waals surface area contributed by atoms with E-state index in [0.717, 1.165) is 30.8 Å². The number of rotatable bonds is 5. The van der Waals surface area contributed by atoms with Crippen molar-refractivity contribution in [2.45, 2.75) is 78.0 Å². The molecule has 1 fully saturated rings. The van der Waals surface area contributed by atoms with Crippen LogP contribution in [0.3, 0.4) is 0 Å². The number of benzene rings is 1.